The Morgan fingerprint density at radius 1 is 1.33 bits per heavy atom. The summed E-state index contributed by atoms with van der Waals surface area (Å²) in [6.07, 6.45) is 4.51. The number of benzene rings is 1. The first kappa shape index (κ1) is 11.5. The maximum absolute atomic E-state index is 5.94. The van der Waals surface area contributed by atoms with Crippen molar-refractivity contribution in [3.05, 3.63) is 36.5 Å². The van der Waals surface area contributed by atoms with Crippen molar-refractivity contribution in [3.63, 3.8) is 0 Å². The topological polar surface area (TPSA) is 42.2 Å². The number of rotatable bonds is 4. The average molecular weight is 241 g/mol. The molecule has 1 atom stereocenters. The highest BCUT2D eigenvalue weighted by molar-refractivity contribution is 5.91. The second kappa shape index (κ2) is 4.58. The molecule has 1 saturated carbocycles. The lowest BCUT2D eigenvalue weighted by molar-refractivity contribution is 0.572. The number of para-hydroxylation sites is 1. The number of likely N-dealkylation sites (N-methyl/N-ethyl adjacent to an activating group) is 1. The highest BCUT2D eigenvalue weighted by Crippen LogP contribution is 2.37. The third kappa shape index (κ3) is 1.95. The predicted molar refractivity (Wildman–Crippen MR) is 75.7 cm³/mol. The van der Waals surface area contributed by atoms with Crippen LogP contribution in [0.25, 0.3) is 10.9 Å². The van der Waals surface area contributed by atoms with Crippen LogP contribution in [0.5, 0.6) is 0 Å². The number of aromatic nitrogens is 1. The van der Waals surface area contributed by atoms with Gasteiger partial charge in [-0.15, -0.1) is 0 Å². The lowest BCUT2D eigenvalue weighted by Crippen LogP contribution is -2.39. The molecule has 0 amide bonds. The lowest BCUT2D eigenvalue weighted by Gasteiger charge is -2.30. The monoisotopic (exact) mass is 241 g/mol. The average Bonchev–Trinajstić information content (AvgIpc) is 3.23. The van der Waals surface area contributed by atoms with Gasteiger partial charge in [0, 0.05) is 36.9 Å². The van der Waals surface area contributed by atoms with Crippen LogP contribution in [0, 0.1) is 5.92 Å². The molecule has 1 aromatic carbocycles. The molecular weight excluding hydrogens is 222 g/mol. The van der Waals surface area contributed by atoms with Gasteiger partial charge in [-0.25, -0.2) is 0 Å². The predicted octanol–water partition coefficient (Wildman–Crippen LogP) is 2.41. The van der Waals surface area contributed by atoms with Gasteiger partial charge in [0.15, 0.2) is 0 Å². The Kier molecular flexibility index (Phi) is 2.92. The van der Waals surface area contributed by atoms with Crippen molar-refractivity contribution in [2.45, 2.75) is 18.9 Å². The zero-order valence-electron chi connectivity index (χ0n) is 10.7. The van der Waals surface area contributed by atoms with Crippen molar-refractivity contribution in [3.8, 4) is 0 Å². The van der Waals surface area contributed by atoms with Gasteiger partial charge in [-0.1, -0.05) is 18.2 Å². The van der Waals surface area contributed by atoms with E-state index >= 15 is 0 Å². The molecule has 1 aliphatic carbocycles. The van der Waals surface area contributed by atoms with Gasteiger partial charge in [0.1, 0.15) is 0 Å². The molecule has 3 rings (SSSR count). The maximum Gasteiger partial charge on any atom is 0.0722 e. The first-order valence-corrected chi connectivity index (χ1v) is 6.58. The molecule has 18 heavy (non-hydrogen) atoms. The van der Waals surface area contributed by atoms with Crippen molar-refractivity contribution < 1.29 is 0 Å². The molecule has 3 heteroatoms. The van der Waals surface area contributed by atoms with Crippen LogP contribution in [0.3, 0.4) is 0 Å². The van der Waals surface area contributed by atoms with Gasteiger partial charge in [-0.3, -0.25) is 4.98 Å². The van der Waals surface area contributed by atoms with E-state index in [1.807, 2.05) is 12.3 Å². The van der Waals surface area contributed by atoms with E-state index in [-0.39, 0.29) is 0 Å². The molecule has 1 unspecified atom stereocenters. The quantitative estimate of drug-likeness (QED) is 0.893. The fourth-order valence-electron chi connectivity index (χ4n) is 2.71. The smallest absolute Gasteiger partial charge is 0.0722 e. The molecule has 2 aromatic rings. The van der Waals surface area contributed by atoms with E-state index < -0.39 is 0 Å². The number of hydrogen-bond donors (Lipinski definition) is 1. The van der Waals surface area contributed by atoms with Crippen molar-refractivity contribution in [1.82, 2.24) is 4.98 Å². The van der Waals surface area contributed by atoms with Crippen LogP contribution in [0.1, 0.15) is 12.8 Å². The summed E-state index contributed by atoms with van der Waals surface area (Å²) in [5.74, 6) is 0.770. The zero-order valence-corrected chi connectivity index (χ0v) is 10.7. The molecule has 0 spiro atoms. The van der Waals surface area contributed by atoms with Crippen molar-refractivity contribution in [1.29, 1.82) is 0 Å². The van der Waals surface area contributed by atoms with Crippen LogP contribution >= 0.6 is 0 Å². The van der Waals surface area contributed by atoms with Crippen molar-refractivity contribution in [2.24, 2.45) is 11.7 Å². The number of fused-ring (bicyclic) bond motifs is 1. The van der Waals surface area contributed by atoms with E-state index in [1.54, 1.807) is 0 Å². The van der Waals surface area contributed by atoms with Gasteiger partial charge in [0.05, 0.1) is 5.52 Å². The molecule has 1 fully saturated rings. The molecular formula is C15H19N3. The van der Waals surface area contributed by atoms with Crippen LogP contribution in [0.4, 0.5) is 5.69 Å². The molecule has 94 valence electrons. The fourth-order valence-corrected chi connectivity index (χ4v) is 2.71. The van der Waals surface area contributed by atoms with E-state index in [0.29, 0.717) is 6.04 Å². The van der Waals surface area contributed by atoms with Gasteiger partial charge in [-0.2, -0.15) is 0 Å². The van der Waals surface area contributed by atoms with Gasteiger partial charge in [0.2, 0.25) is 0 Å². The minimum absolute atomic E-state index is 0.454. The Hall–Kier alpha value is -1.61. The molecule has 0 saturated heterocycles. The summed E-state index contributed by atoms with van der Waals surface area (Å²) in [5.41, 5.74) is 8.23. The summed E-state index contributed by atoms with van der Waals surface area (Å²) in [5, 5.41) is 1.21. The summed E-state index contributed by atoms with van der Waals surface area (Å²) in [4.78, 5) is 6.75. The normalized spacial score (nSPS) is 16.8. The number of nitrogens with two attached hydrogens (primary N) is 1. The van der Waals surface area contributed by atoms with Crippen LogP contribution in [-0.2, 0) is 0 Å². The van der Waals surface area contributed by atoms with E-state index in [2.05, 4.69) is 41.2 Å². The molecule has 2 N–H and O–H groups in total. The highest BCUT2D eigenvalue weighted by atomic mass is 15.2. The Morgan fingerprint density at radius 2 is 2.11 bits per heavy atom. The van der Waals surface area contributed by atoms with Gasteiger partial charge in [0.25, 0.3) is 0 Å². The number of anilines is 1. The number of pyridine rings is 1. The molecule has 0 aliphatic heterocycles. The van der Waals surface area contributed by atoms with Crippen molar-refractivity contribution >= 4 is 16.6 Å². The summed E-state index contributed by atoms with van der Waals surface area (Å²) in [7, 11) is 2.15. The summed E-state index contributed by atoms with van der Waals surface area (Å²) >= 11 is 0. The third-order valence-corrected chi connectivity index (χ3v) is 3.91. The molecule has 0 radical (unpaired) electrons. The second-order valence-corrected chi connectivity index (χ2v) is 5.10. The fraction of sp³-hybridized carbons (Fsp3) is 0.400. The van der Waals surface area contributed by atoms with Gasteiger partial charge >= 0.3 is 0 Å². The molecule has 3 nitrogen and oxygen atoms in total. The Balaban J connectivity index is 2.02. The maximum atomic E-state index is 5.94. The van der Waals surface area contributed by atoms with Crippen LogP contribution in [-0.4, -0.2) is 24.6 Å². The number of nitrogens with zero attached hydrogens (tertiary/aromatic N) is 2. The summed E-state index contributed by atoms with van der Waals surface area (Å²) in [6, 6.07) is 10.8. The first-order valence-electron chi connectivity index (χ1n) is 6.58. The van der Waals surface area contributed by atoms with E-state index in [4.69, 9.17) is 5.73 Å². The highest BCUT2D eigenvalue weighted by Gasteiger charge is 2.33. The Labute approximate surface area is 108 Å². The number of hydrogen-bond acceptors (Lipinski definition) is 3. The second-order valence-electron chi connectivity index (χ2n) is 5.10. The minimum atomic E-state index is 0.454. The summed E-state index contributed by atoms with van der Waals surface area (Å²) < 4.78 is 0. The van der Waals surface area contributed by atoms with E-state index in [0.717, 1.165) is 18.0 Å². The molecule has 1 aromatic heterocycles. The largest absolute Gasteiger partial charge is 0.369 e. The Morgan fingerprint density at radius 3 is 2.83 bits per heavy atom. The third-order valence-electron chi connectivity index (χ3n) is 3.91. The SMILES string of the molecule is CN(c1ccnc2ccccc12)C(CN)C1CC1. The van der Waals surface area contributed by atoms with E-state index in [1.165, 1.54) is 23.9 Å². The van der Waals surface area contributed by atoms with Gasteiger partial charge in [-0.05, 0) is 30.9 Å². The molecule has 1 heterocycles. The van der Waals surface area contributed by atoms with Gasteiger partial charge < -0.3 is 10.6 Å². The van der Waals surface area contributed by atoms with Crippen LogP contribution < -0.4 is 10.6 Å². The lowest BCUT2D eigenvalue weighted by atomic mass is 10.1. The zero-order chi connectivity index (χ0) is 12.5. The van der Waals surface area contributed by atoms with E-state index in [9.17, 15) is 0 Å². The van der Waals surface area contributed by atoms with Crippen LogP contribution in [0.2, 0.25) is 0 Å². The molecule has 1 aliphatic rings. The van der Waals surface area contributed by atoms with Crippen LogP contribution in [0.15, 0.2) is 36.5 Å². The molecule has 0 bridgehead atoms. The Bertz CT molecular complexity index is 543. The summed E-state index contributed by atoms with van der Waals surface area (Å²) in [6.45, 7) is 0.720. The van der Waals surface area contributed by atoms with Crippen molar-refractivity contribution in [2.75, 3.05) is 18.5 Å². The standard InChI is InChI=1S/C15H19N3/c1-18(15(10-16)11-6-7-11)14-8-9-17-13-5-3-2-4-12(13)14/h2-5,8-9,11,15H,6-7,10,16H2,1H3. The minimum Gasteiger partial charge on any atom is -0.369 e. The first-order chi connectivity index (χ1) is 8.81.